The molecule has 0 fully saturated rings. The average molecular weight is 249 g/mol. The number of hydrogen-bond acceptors (Lipinski definition) is 3. The average Bonchev–Trinajstić information content (AvgIpc) is 2.79. The number of aryl methyl sites for hydroxylation is 1. The van der Waals surface area contributed by atoms with Crippen molar-refractivity contribution >= 4 is 0 Å². The van der Waals surface area contributed by atoms with E-state index in [-0.39, 0.29) is 11.9 Å². The molecule has 0 bridgehead atoms. The minimum Gasteiger partial charge on any atom is -0.372 e. The van der Waals surface area contributed by atoms with Crippen LogP contribution < -0.4 is 0 Å². The van der Waals surface area contributed by atoms with Crippen molar-refractivity contribution in [1.29, 1.82) is 0 Å². The van der Waals surface area contributed by atoms with E-state index >= 15 is 0 Å². The molecule has 0 aliphatic heterocycles. The Morgan fingerprint density at radius 1 is 1.39 bits per heavy atom. The summed E-state index contributed by atoms with van der Waals surface area (Å²) in [6.07, 6.45) is 1.89. The van der Waals surface area contributed by atoms with Gasteiger partial charge in [-0.15, -0.1) is 5.10 Å². The van der Waals surface area contributed by atoms with E-state index in [1.54, 1.807) is 29.9 Å². The Labute approximate surface area is 105 Å². The number of aromatic nitrogens is 3. The van der Waals surface area contributed by atoms with Crippen LogP contribution in [-0.2, 0) is 11.3 Å². The number of ether oxygens (including phenoxy) is 1. The predicted molar refractivity (Wildman–Crippen MR) is 66.0 cm³/mol. The second-order valence-electron chi connectivity index (χ2n) is 4.45. The molecule has 2 aromatic rings. The monoisotopic (exact) mass is 249 g/mol. The maximum absolute atomic E-state index is 13.4. The number of hydrogen-bond donors (Lipinski definition) is 0. The SMILES string of the molecule is Cc1ccc(-n2cc(COC(C)C)nn2)cc1F. The summed E-state index contributed by atoms with van der Waals surface area (Å²) in [5.74, 6) is -0.247. The lowest BCUT2D eigenvalue weighted by Gasteiger charge is -2.04. The number of nitrogens with zero attached hydrogens (tertiary/aromatic N) is 3. The molecule has 1 aromatic carbocycles. The molecule has 0 aliphatic rings. The zero-order valence-corrected chi connectivity index (χ0v) is 10.7. The minimum atomic E-state index is -0.247. The molecule has 5 heteroatoms. The molecule has 0 aliphatic carbocycles. The molecule has 0 saturated heterocycles. The zero-order chi connectivity index (χ0) is 13.1. The van der Waals surface area contributed by atoms with E-state index in [1.165, 1.54) is 6.07 Å². The molecule has 0 unspecified atom stereocenters. The van der Waals surface area contributed by atoms with E-state index in [0.717, 1.165) is 5.69 Å². The highest BCUT2D eigenvalue weighted by Gasteiger charge is 2.06. The highest BCUT2D eigenvalue weighted by molar-refractivity contribution is 5.34. The third-order valence-electron chi connectivity index (χ3n) is 2.53. The first kappa shape index (κ1) is 12.7. The Morgan fingerprint density at radius 3 is 2.83 bits per heavy atom. The van der Waals surface area contributed by atoms with Gasteiger partial charge in [-0.1, -0.05) is 11.3 Å². The lowest BCUT2D eigenvalue weighted by Crippen LogP contribution is -2.02. The lowest BCUT2D eigenvalue weighted by molar-refractivity contribution is 0.0635. The Balaban J connectivity index is 2.16. The molecule has 96 valence electrons. The first-order valence-corrected chi connectivity index (χ1v) is 5.85. The summed E-state index contributed by atoms with van der Waals surface area (Å²) < 4.78 is 20.4. The molecule has 0 N–H and O–H groups in total. The second kappa shape index (κ2) is 5.27. The van der Waals surface area contributed by atoms with Crippen LogP contribution in [0.4, 0.5) is 4.39 Å². The zero-order valence-electron chi connectivity index (χ0n) is 10.7. The number of halogens is 1. The van der Waals surface area contributed by atoms with Crippen LogP contribution in [0, 0.1) is 12.7 Å². The standard InChI is InChI=1S/C13H16FN3O/c1-9(2)18-8-11-7-17(16-15-11)12-5-4-10(3)13(14)6-12/h4-7,9H,8H2,1-3H3. The molecule has 18 heavy (non-hydrogen) atoms. The fourth-order valence-corrected chi connectivity index (χ4v) is 1.47. The summed E-state index contributed by atoms with van der Waals surface area (Å²) >= 11 is 0. The summed E-state index contributed by atoms with van der Waals surface area (Å²) in [5, 5.41) is 7.94. The summed E-state index contributed by atoms with van der Waals surface area (Å²) in [7, 11) is 0. The van der Waals surface area contributed by atoms with Gasteiger partial charge in [-0.2, -0.15) is 0 Å². The molecule has 1 aromatic heterocycles. The van der Waals surface area contributed by atoms with Gasteiger partial charge in [-0.25, -0.2) is 9.07 Å². The maximum atomic E-state index is 13.4. The summed E-state index contributed by atoms with van der Waals surface area (Å²) in [6.45, 7) is 6.05. The smallest absolute Gasteiger partial charge is 0.128 e. The van der Waals surface area contributed by atoms with E-state index < -0.39 is 0 Å². The molecule has 0 amide bonds. The van der Waals surface area contributed by atoms with Crippen molar-refractivity contribution in [3.63, 3.8) is 0 Å². The molecular weight excluding hydrogens is 233 g/mol. The van der Waals surface area contributed by atoms with Gasteiger partial charge in [-0.05, 0) is 38.5 Å². The van der Waals surface area contributed by atoms with Crippen molar-refractivity contribution in [2.24, 2.45) is 0 Å². The van der Waals surface area contributed by atoms with Crippen LogP contribution in [0.25, 0.3) is 5.69 Å². The quantitative estimate of drug-likeness (QED) is 0.836. The largest absolute Gasteiger partial charge is 0.372 e. The van der Waals surface area contributed by atoms with Crippen LogP contribution in [0.5, 0.6) is 0 Å². The van der Waals surface area contributed by atoms with Gasteiger partial charge in [0.25, 0.3) is 0 Å². The van der Waals surface area contributed by atoms with E-state index in [4.69, 9.17) is 4.74 Å². The highest BCUT2D eigenvalue weighted by Crippen LogP contribution is 2.13. The summed E-state index contributed by atoms with van der Waals surface area (Å²) in [5.41, 5.74) is 1.99. The molecule has 0 saturated carbocycles. The third kappa shape index (κ3) is 2.92. The van der Waals surface area contributed by atoms with Gasteiger partial charge in [-0.3, -0.25) is 0 Å². The first-order chi connectivity index (χ1) is 8.56. The first-order valence-electron chi connectivity index (χ1n) is 5.85. The van der Waals surface area contributed by atoms with E-state index in [9.17, 15) is 4.39 Å². The molecule has 0 spiro atoms. The topological polar surface area (TPSA) is 39.9 Å². The summed E-state index contributed by atoms with van der Waals surface area (Å²) in [6, 6.07) is 4.97. The van der Waals surface area contributed by atoms with Gasteiger partial charge >= 0.3 is 0 Å². The van der Waals surface area contributed by atoms with Gasteiger partial charge in [0.2, 0.25) is 0 Å². The van der Waals surface area contributed by atoms with Crippen molar-refractivity contribution in [2.45, 2.75) is 33.5 Å². The molecular formula is C13H16FN3O. The van der Waals surface area contributed by atoms with Gasteiger partial charge in [0.15, 0.2) is 0 Å². The van der Waals surface area contributed by atoms with Gasteiger partial charge < -0.3 is 4.74 Å². The Kier molecular flexibility index (Phi) is 3.72. The van der Waals surface area contributed by atoms with Crippen LogP contribution in [0.15, 0.2) is 24.4 Å². The van der Waals surface area contributed by atoms with Crippen molar-refractivity contribution in [1.82, 2.24) is 15.0 Å². The predicted octanol–water partition coefficient (Wildman–Crippen LogP) is 2.64. The van der Waals surface area contributed by atoms with Crippen LogP contribution >= 0.6 is 0 Å². The molecule has 0 radical (unpaired) electrons. The Bertz CT molecular complexity index is 537. The van der Waals surface area contributed by atoms with Crippen molar-refractivity contribution in [3.05, 3.63) is 41.5 Å². The second-order valence-corrected chi connectivity index (χ2v) is 4.45. The highest BCUT2D eigenvalue weighted by atomic mass is 19.1. The fourth-order valence-electron chi connectivity index (χ4n) is 1.47. The van der Waals surface area contributed by atoms with Crippen LogP contribution in [0.3, 0.4) is 0 Å². The normalized spacial score (nSPS) is 11.2. The number of rotatable bonds is 4. The van der Waals surface area contributed by atoms with E-state index in [2.05, 4.69) is 10.3 Å². The Morgan fingerprint density at radius 2 is 2.17 bits per heavy atom. The van der Waals surface area contributed by atoms with Gasteiger partial charge in [0, 0.05) is 0 Å². The maximum Gasteiger partial charge on any atom is 0.128 e. The third-order valence-corrected chi connectivity index (χ3v) is 2.53. The van der Waals surface area contributed by atoms with Crippen LogP contribution in [-0.4, -0.2) is 21.1 Å². The van der Waals surface area contributed by atoms with Gasteiger partial charge in [0.1, 0.15) is 11.5 Å². The van der Waals surface area contributed by atoms with Crippen molar-refractivity contribution in [2.75, 3.05) is 0 Å². The van der Waals surface area contributed by atoms with Crippen LogP contribution in [0.2, 0.25) is 0 Å². The van der Waals surface area contributed by atoms with Crippen molar-refractivity contribution in [3.8, 4) is 5.69 Å². The number of benzene rings is 1. The fraction of sp³-hybridized carbons (Fsp3) is 0.385. The molecule has 4 nitrogen and oxygen atoms in total. The van der Waals surface area contributed by atoms with E-state index in [1.807, 2.05) is 13.8 Å². The van der Waals surface area contributed by atoms with Crippen LogP contribution in [0.1, 0.15) is 25.1 Å². The lowest BCUT2D eigenvalue weighted by atomic mass is 10.2. The van der Waals surface area contributed by atoms with Crippen molar-refractivity contribution < 1.29 is 9.13 Å². The molecule has 1 heterocycles. The van der Waals surface area contributed by atoms with Gasteiger partial charge in [0.05, 0.1) is 24.6 Å². The minimum absolute atomic E-state index is 0.145. The molecule has 2 rings (SSSR count). The molecule has 0 atom stereocenters. The summed E-state index contributed by atoms with van der Waals surface area (Å²) in [4.78, 5) is 0. The van der Waals surface area contributed by atoms with E-state index in [0.29, 0.717) is 17.9 Å². The Hall–Kier alpha value is -1.75.